The van der Waals surface area contributed by atoms with Gasteiger partial charge in [-0.05, 0) is 31.9 Å². The molecule has 0 radical (unpaired) electrons. The van der Waals surface area contributed by atoms with Crippen molar-refractivity contribution in [1.82, 2.24) is 0 Å². The van der Waals surface area contributed by atoms with Gasteiger partial charge in [0.05, 0.1) is 32.0 Å². The molecule has 0 aromatic heterocycles. The Kier molecular flexibility index (Phi) is 4.36. The molecule has 4 heteroatoms. The minimum Gasteiger partial charge on any atom is -0.496 e. The summed E-state index contributed by atoms with van der Waals surface area (Å²) < 4.78 is 11.4. The second-order valence-corrected chi connectivity index (χ2v) is 6.02. The van der Waals surface area contributed by atoms with Crippen LogP contribution in [0.1, 0.15) is 44.3 Å². The largest absolute Gasteiger partial charge is 0.496 e. The molecule has 2 fully saturated rings. The highest BCUT2D eigenvalue weighted by atomic mass is 16.5. The number of fused-ring (bicyclic) bond motifs is 1. The van der Waals surface area contributed by atoms with Gasteiger partial charge >= 0.3 is 0 Å². The van der Waals surface area contributed by atoms with Crippen LogP contribution in [0.25, 0.3) is 0 Å². The molecule has 3 rings (SSSR count). The van der Waals surface area contributed by atoms with Gasteiger partial charge in [0, 0.05) is 17.8 Å². The highest BCUT2D eigenvalue weighted by Gasteiger charge is 2.35. The highest BCUT2D eigenvalue weighted by molar-refractivity contribution is 5.61. The van der Waals surface area contributed by atoms with Gasteiger partial charge in [-0.15, -0.1) is 0 Å². The summed E-state index contributed by atoms with van der Waals surface area (Å²) in [5.41, 5.74) is 2.00. The Balaban J connectivity index is 1.98. The molecular formula is C17H25NO3. The summed E-state index contributed by atoms with van der Waals surface area (Å²) in [6.07, 6.45) is 4.63. The Bertz CT molecular complexity index is 487. The van der Waals surface area contributed by atoms with Crippen molar-refractivity contribution in [1.29, 1.82) is 0 Å². The quantitative estimate of drug-likeness (QED) is 0.930. The van der Waals surface area contributed by atoms with Crippen molar-refractivity contribution in [2.24, 2.45) is 0 Å². The summed E-state index contributed by atoms with van der Waals surface area (Å²) in [7, 11) is 1.66. The van der Waals surface area contributed by atoms with E-state index in [0.717, 1.165) is 36.6 Å². The van der Waals surface area contributed by atoms with Gasteiger partial charge in [0.25, 0.3) is 0 Å². The van der Waals surface area contributed by atoms with Crippen LogP contribution in [-0.4, -0.2) is 37.5 Å². The third-order valence-corrected chi connectivity index (χ3v) is 4.72. The summed E-state index contributed by atoms with van der Waals surface area (Å²) in [5, 5.41) is 10.2. The monoisotopic (exact) mass is 291 g/mol. The molecule has 116 valence electrons. The molecule has 21 heavy (non-hydrogen) atoms. The van der Waals surface area contributed by atoms with Crippen LogP contribution in [0.5, 0.6) is 5.75 Å². The lowest BCUT2D eigenvalue weighted by molar-refractivity contribution is -0.00890. The average Bonchev–Trinajstić information content (AvgIpc) is 2.53. The molecule has 4 nitrogen and oxygen atoms in total. The third kappa shape index (κ3) is 2.74. The molecule has 0 amide bonds. The fourth-order valence-electron chi connectivity index (χ4n) is 3.78. The molecule has 1 aliphatic carbocycles. The lowest BCUT2D eigenvalue weighted by atomic mass is 9.89. The molecule has 1 saturated heterocycles. The van der Waals surface area contributed by atoms with Crippen molar-refractivity contribution < 1.29 is 14.6 Å². The molecule has 2 unspecified atom stereocenters. The van der Waals surface area contributed by atoms with Gasteiger partial charge in [-0.25, -0.2) is 0 Å². The Morgan fingerprint density at radius 1 is 1.33 bits per heavy atom. The van der Waals surface area contributed by atoms with Gasteiger partial charge in [-0.3, -0.25) is 0 Å². The molecule has 1 aromatic carbocycles. The van der Waals surface area contributed by atoms with Gasteiger partial charge in [0.15, 0.2) is 0 Å². The SMILES string of the molecule is COc1cccc(N2CCOC3CCCCC32)c1[C@@H](C)O. The number of ether oxygens (including phenoxy) is 2. The van der Waals surface area contributed by atoms with E-state index in [1.165, 1.54) is 19.3 Å². The molecule has 0 spiro atoms. The number of hydrogen-bond acceptors (Lipinski definition) is 4. The first-order chi connectivity index (χ1) is 10.2. The smallest absolute Gasteiger partial charge is 0.126 e. The number of aliphatic hydroxyl groups is 1. The van der Waals surface area contributed by atoms with Gasteiger partial charge in [-0.1, -0.05) is 18.9 Å². The minimum absolute atomic E-state index is 0.334. The Hall–Kier alpha value is -1.26. The van der Waals surface area contributed by atoms with E-state index < -0.39 is 6.10 Å². The maximum atomic E-state index is 10.2. The van der Waals surface area contributed by atoms with Crippen LogP contribution < -0.4 is 9.64 Å². The molecular weight excluding hydrogens is 266 g/mol. The lowest BCUT2D eigenvalue weighted by Gasteiger charge is -2.46. The first kappa shape index (κ1) is 14.7. The second-order valence-electron chi connectivity index (χ2n) is 6.02. The van der Waals surface area contributed by atoms with Gasteiger partial charge in [0.1, 0.15) is 5.75 Å². The van der Waals surface area contributed by atoms with E-state index in [-0.39, 0.29) is 0 Å². The standard InChI is InChI=1S/C17H25NO3/c1-12(19)17-14(7-5-9-16(17)20-2)18-10-11-21-15-8-4-3-6-13(15)18/h5,7,9,12-13,15,19H,3-4,6,8,10-11H2,1-2H3/t12-,13?,15?/m1/s1. The number of nitrogens with zero attached hydrogens (tertiary/aromatic N) is 1. The summed E-state index contributed by atoms with van der Waals surface area (Å²) in [6, 6.07) is 6.45. The number of hydrogen-bond donors (Lipinski definition) is 1. The summed E-state index contributed by atoms with van der Waals surface area (Å²) in [5.74, 6) is 0.765. The van der Waals surface area contributed by atoms with Crippen LogP contribution in [0.15, 0.2) is 18.2 Å². The van der Waals surface area contributed by atoms with E-state index in [4.69, 9.17) is 9.47 Å². The molecule has 1 N–H and O–H groups in total. The third-order valence-electron chi connectivity index (χ3n) is 4.72. The van der Waals surface area contributed by atoms with Crippen molar-refractivity contribution in [3.63, 3.8) is 0 Å². The van der Waals surface area contributed by atoms with Crippen molar-refractivity contribution in [2.45, 2.75) is 50.9 Å². The van der Waals surface area contributed by atoms with Gasteiger partial charge in [-0.2, -0.15) is 0 Å². The van der Waals surface area contributed by atoms with Crippen molar-refractivity contribution in [3.05, 3.63) is 23.8 Å². The predicted octanol–water partition coefficient (Wildman–Crippen LogP) is 2.90. The molecule has 1 saturated carbocycles. The number of anilines is 1. The Morgan fingerprint density at radius 2 is 2.14 bits per heavy atom. The number of rotatable bonds is 3. The number of morpholine rings is 1. The molecule has 2 aliphatic rings. The molecule has 0 bridgehead atoms. The zero-order chi connectivity index (χ0) is 14.8. The van der Waals surface area contributed by atoms with E-state index in [0.29, 0.717) is 12.1 Å². The maximum absolute atomic E-state index is 10.2. The first-order valence-corrected chi connectivity index (χ1v) is 7.95. The van der Waals surface area contributed by atoms with E-state index in [2.05, 4.69) is 11.0 Å². The van der Waals surface area contributed by atoms with Crippen molar-refractivity contribution in [3.8, 4) is 5.75 Å². The van der Waals surface area contributed by atoms with E-state index in [9.17, 15) is 5.11 Å². The summed E-state index contributed by atoms with van der Waals surface area (Å²) in [6.45, 7) is 3.45. The second kappa shape index (κ2) is 6.24. The van der Waals surface area contributed by atoms with Crippen LogP contribution in [-0.2, 0) is 4.74 Å². The maximum Gasteiger partial charge on any atom is 0.126 e. The fourth-order valence-corrected chi connectivity index (χ4v) is 3.78. The molecule has 3 atom stereocenters. The number of methoxy groups -OCH3 is 1. The molecule has 1 aromatic rings. The average molecular weight is 291 g/mol. The van der Waals surface area contributed by atoms with Gasteiger partial charge < -0.3 is 19.5 Å². The molecule has 1 heterocycles. The van der Waals surface area contributed by atoms with E-state index in [1.54, 1.807) is 14.0 Å². The topological polar surface area (TPSA) is 41.9 Å². The lowest BCUT2D eigenvalue weighted by Crippen LogP contribution is -2.53. The highest BCUT2D eigenvalue weighted by Crippen LogP contribution is 2.39. The Morgan fingerprint density at radius 3 is 2.90 bits per heavy atom. The van der Waals surface area contributed by atoms with E-state index in [1.807, 2.05) is 12.1 Å². The van der Waals surface area contributed by atoms with Crippen LogP contribution in [0.4, 0.5) is 5.69 Å². The number of aliphatic hydroxyl groups excluding tert-OH is 1. The van der Waals surface area contributed by atoms with Crippen LogP contribution in [0.3, 0.4) is 0 Å². The van der Waals surface area contributed by atoms with Crippen LogP contribution >= 0.6 is 0 Å². The van der Waals surface area contributed by atoms with E-state index >= 15 is 0 Å². The zero-order valence-electron chi connectivity index (χ0n) is 12.9. The fraction of sp³-hybridized carbons (Fsp3) is 0.647. The summed E-state index contributed by atoms with van der Waals surface area (Å²) >= 11 is 0. The van der Waals surface area contributed by atoms with Crippen LogP contribution in [0.2, 0.25) is 0 Å². The van der Waals surface area contributed by atoms with Crippen molar-refractivity contribution in [2.75, 3.05) is 25.2 Å². The minimum atomic E-state index is -0.541. The number of benzene rings is 1. The predicted molar refractivity (Wildman–Crippen MR) is 83.0 cm³/mol. The van der Waals surface area contributed by atoms with Crippen LogP contribution in [0, 0.1) is 0 Å². The molecule has 1 aliphatic heterocycles. The zero-order valence-corrected chi connectivity index (χ0v) is 12.9. The van der Waals surface area contributed by atoms with Crippen molar-refractivity contribution >= 4 is 5.69 Å². The first-order valence-electron chi connectivity index (χ1n) is 7.95. The summed E-state index contributed by atoms with van der Waals surface area (Å²) in [4.78, 5) is 2.43. The normalized spacial score (nSPS) is 27.1. The van der Waals surface area contributed by atoms with Gasteiger partial charge in [0.2, 0.25) is 0 Å². The Labute approximate surface area is 126 Å².